The van der Waals surface area contributed by atoms with Crippen LogP contribution in [0.4, 0.5) is 0 Å². The van der Waals surface area contributed by atoms with Gasteiger partial charge in [0.05, 0.1) is 18.1 Å². The number of benzene rings is 6. The Balaban J connectivity index is 0.000000150. The van der Waals surface area contributed by atoms with E-state index in [0.29, 0.717) is 28.9 Å². The molecule has 0 aliphatic carbocycles. The molecule has 0 fully saturated rings. The third-order valence-electron chi connectivity index (χ3n) is 13.8. The average molecular weight is 1420 g/mol. The molecule has 0 saturated carbocycles. The molecule has 15 nitrogen and oxygen atoms in total. The van der Waals surface area contributed by atoms with Crippen molar-refractivity contribution in [1.29, 1.82) is 0 Å². The van der Waals surface area contributed by atoms with Crippen LogP contribution >= 0.6 is 0 Å². The van der Waals surface area contributed by atoms with Crippen molar-refractivity contribution in [3.05, 3.63) is 262 Å². The van der Waals surface area contributed by atoms with Gasteiger partial charge in [-0.1, -0.05) is 59.6 Å². The fraction of sp³-hybridized carbons (Fsp3) is 0. The molecule has 0 unspecified atom stereocenters. The fourth-order valence-electron chi connectivity index (χ4n) is 10.3. The van der Waals surface area contributed by atoms with Crippen molar-refractivity contribution in [2.45, 2.75) is 0 Å². The van der Waals surface area contributed by atoms with Gasteiger partial charge in [0.2, 0.25) is 5.95 Å². The van der Waals surface area contributed by atoms with Gasteiger partial charge in [0, 0.05) is 94.4 Å². The molecule has 0 bridgehead atoms. The number of aromatic nitrogens is 13. The molecule has 0 spiro atoms. The summed E-state index contributed by atoms with van der Waals surface area (Å²) in [6, 6.07) is 71.4. The van der Waals surface area contributed by atoms with E-state index in [2.05, 4.69) is 109 Å². The number of rotatable bonds is 10. The second-order valence-electron chi connectivity index (χ2n) is 18.6. The van der Waals surface area contributed by atoms with Crippen molar-refractivity contribution in [2.75, 3.05) is 0 Å². The minimum absolute atomic E-state index is 0. The van der Waals surface area contributed by atoms with Crippen LogP contribution in [0.25, 0.3) is 100 Å². The molecular formula is C65H39N13O2Pt2. The van der Waals surface area contributed by atoms with Crippen LogP contribution in [-0.4, -0.2) is 62.7 Å². The molecule has 6 aromatic carbocycles. The van der Waals surface area contributed by atoms with E-state index < -0.39 is 0 Å². The summed E-state index contributed by atoms with van der Waals surface area (Å²) in [6.07, 6.45) is 18.2. The van der Waals surface area contributed by atoms with Gasteiger partial charge >= 0.3 is 42.1 Å². The molecular weight excluding hydrogens is 1380 g/mol. The van der Waals surface area contributed by atoms with E-state index in [1.807, 2.05) is 172 Å². The molecule has 16 rings (SSSR count). The largest absolute Gasteiger partial charge is 2.00 e. The molecule has 0 aliphatic heterocycles. The van der Waals surface area contributed by atoms with Crippen LogP contribution < -0.4 is 9.47 Å². The second kappa shape index (κ2) is 21.9. The third-order valence-corrected chi connectivity index (χ3v) is 13.8. The maximum absolute atomic E-state index is 6.32. The zero-order chi connectivity index (χ0) is 52.9. The van der Waals surface area contributed by atoms with Gasteiger partial charge in [-0.3, -0.25) is 9.55 Å². The summed E-state index contributed by atoms with van der Waals surface area (Å²) in [5.41, 5.74) is 8.20. The molecule has 10 heterocycles. The van der Waals surface area contributed by atoms with Crippen LogP contribution in [0, 0.1) is 24.3 Å². The van der Waals surface area contributed by atoms with Crippen LogP contribution in [0.15, 0.2) is 238 Å². The monoisotopic (exact) mass is 1420 g/mol. The molecule has 0 atom stereocenters. The predicted molar refractivity (Wildman–Crippen MR) is 307 cm³/mol. The van der Waals surface area contributed by atoms with Crippen LogP contribution in [0.1, 0.15) is 0 Å². The number of pyridine rings is 3. The van der Waals surface area contributed by atoms with Crippen molar-refractivity contribution >= 4 is 65.7 Å². The minimum Gasteiger partial charge on any atom is -0.509 e. The molecule has 0 N–H and O–H groups in total. The summed E-state index contributed by atoms with van der Waals surface area (Å²) in [5.74, 6) is 4.50. The van der Waals surface area contributed by atoms with Gasteiger partial charge in [-0.15, -0.1) is 71.4 Å². The first kappa shape index (κ1) is 51.4. The van der Waals surface area contributed by atoms with Gasteiger partial charge in [0.1, 0.15) is 22.9 Å². The summed E-state index contributed by atoms with van der Waals surface area (Å²) in [4.78, 5) is 22.1. The van der Waals surface area contributed by atoms with E-state index in [1.165, 1.54) is 0 Å². The zero-order valence-corrected chi connectivity index (χ0v) is 47.3. The van der Waals surface area contributed by atoms with Crippen molar-refractivity contribution in [1.82, 2.24) is 62.7 Å². The average Bonchev–Trinajstić information content (AvgIpc) is 4.59. The smallest absolute Gasteiger partial charge is 0.509 e. The number of ether oxygens (including phenoxy) is 2. The minimum atomic E-state index is 0. The predicted octanol–water partition coefficient (Wildman–Crippen LogP) is 13.6. The van der Waals surface area contributed by atoms with Crippen LogP contribution in [0.5, 0.6) is 23.0 Å². The van der Waals surface area contributed by atoms with E-state index >= 15 is 0 Å². The number of hydrogen-bond acceptors (Lipinski definition) is 9. The Kier molecular flexibility index (Phi) is 13.7. The third kappa shape index (κ3) is 9.21. The van der Waals surface area contributed by atoms with Gasteiger partial charge < -0.3 is 23.2 Å². The molecule has 82 heavy (non-hydrogen) atoms. The Bertz CT molecular complexity index is 4610. The fourth-order valence-corrected chi connectivity index (χ4v) is 10.3. The van der Waals surface area contributed by atoms with E-state index in [4.69, 9.17) is 9.47 Å². The maximum Gasteiger partial charge on any atom is 2.00 e. The second-order valence-corrected chi connectivity index (χ2v) is 18.6. The summed E-state index contributed by atoms with van der Waals surface area (Å²) in [6.45, 7) is 0. The van der Waals surface area contributed by atoms with E-state index in [9.17, 15) is 0 Å². The number of hydrogen-bond donors (Lipinski definition) is 0. The maximum atomic E-state index is 6.32. The van der Waals surface area contributed by atoms with Crippen LogP contribution in [0.2, 0.25) is 0 Å². The van der Waals surface area contributed by atoms with E-state index in [1.54, 1.807) is 43.2 Å². The summed E-state index contributed by atoms with van der Waals surface area (Å²) >= 11 is 0. The van der Waals surface area contributed by atoms with E-state index in [0.717, 1.165) is 94.4 Å². The van der Waals surface area contributed by atoms with Gasteiger partial charge in [-0.2, -0.15) is 34.5 Å². The standard InChI is InChI=1S/C33H20N6O.C32H19N7O.2Pt/c1-2-9-30-28(8-1)29-12-11-27(21-31(29)38(30)32-10-3-4-16-35-32)40-26-7-5-6-25(20-26)39-33-23(22-36-39)15-19-37(33)24-13-17-34-18-14-24;1-2-10-28-26(9-1)27-13-12-25(20-29(27)38(28)30-11-3-4-15-33-30)40-24-8-5-7-23(19-24)39-31-22(21-36-39)14-18-37(31)32-34-16-6-17-35-32;;/h1-19,22H;1-18,21H;;/q2*-2;2*+2. The SMILES string of the molecule is [Pt+2].[Pt+2].[c-]1c(Oc2[c-]c3c(cc2)c2ccccc2n3-c2ccccn2)cccc1-n1ncc2ccn(-c3ccncc3)c21.[c-]1c(Oc2[c-]c3c(cc2)c2ccccc2n3-c2ccccn2)cccc1-n1ncc2ccn(-c3ncccn3)c21. The Morgan fingerprint density at radius 3 is 1.37 bits per heavy atom. The van der Waals surface area contributed by atoms with E-state index in [-0.39, 0.29) is 42.1 Å². The molecule has 17 heteroatoms. The van der Waals surface area contributed by atoms with Crippen LogP contribution in [-0.2, 0) is 42.1 Å². The first-order valence-corrected chi connectivity index (χ1v) is 25.6. The van der Waals surface area contributed by atoms with Gasteiger partial charge in [0.25, 0.3) is 0 Å². The molecule has 0 amide bonds. The van der Waals surface area contributed by atoms with Crippen LogP contribution in [0.3, 0.4) is 0 Å². The number of fused-ring (bicyclic) bond motifs is 8. The number of para-hydroxylation sites is 2. The van der Waals surface area contributed by atoms with Crippen molar-refractivity contribution in [2.24, 2.45) is 0 Å². The van der Waals surface area contributed by atoms with Crippen molar-refractivity contribution in [3.63, 3.8) is 0 Å². The molecule has 10 aromatic heterocycles. The normalized spacial score (nSPS) is 11.2. The topological polar surface area (TPSA) is 138 Å². The Labute approximate surface area is 496 Å². The molecule has 0 aliphatic rings. The molecule has 0 saturated heterocycles. The number of nitrogens with zero attached hydrogens (tertiary/aromatic N) is 13. The summed E-state index contributed by atoms with van der Waals surface area (Å²) in [7, 11) is 0. The first-order valence-electron chi connectivity index (χ1n) is 25.6. The Morgan fingerprint density at radius 1 is 0.366 bits per heavy atom. The first-order chi connectivity index (χ1) is 39.7. The Morgan fingerprint density at radius 2 is 0.841 bits per heavy atom. The Hall–Kier alpha value is -10.1. The van der Waals surface area contributed by atoms with Gasteiger partial charge in [-0.25, -0.2) is 29.3 Å². The zero-order valence-electron chi connectivity index (χ0n) is 42.8. The van der Waals surface area contributed by atoms with Crippen molar-refractivity contribution in [3.8, 4) is 57.6 Å². The molecule has 16 aromatic rings. The van der Waals surface area contributed by atoms with Crippen molar-refractivity contribution < 1.29 is 51.6 Å². The molecule has 396 valence electrons. The quantitative estimate of drug-likeness (QED) is 0.122. The summed E-state index contributed by atoms with van der Waals surface area (Å²) < 4.78 is 24.5. The summed E-state index contributed by atoms with van der Waals surface area (Å²) in [5, 5.41) is 15.7. The molecule has 0 radical (unpaired) electrons. The van der Waals surface area contributed by atoms with Gasteiger partial charge in [-0.05, 0) is 88.9 Å². The van der Waals surface area contributed by atoms with Gasteiger partial charge in [0.15, 0.2) is 0 Å².